The van der Waals surface area contributed by atoms with Crippen molar-refractivity contribution in [2.45, 2.75) is 57.9 Å². The number of likely N-dealkylation sites (tertiary alicyclic amines) is 1. The SMILES string of the molecule is CCCC[C@H](CC(=O)NO)C(=O)N1CC2(CC2)C[C@H]1C(=O)Nc1ncccc1F. The predicted octanol–water partition coefficient (Wildman–Crippen LogP) is 2.24. The summed E-state index contributed by atoms with van der Waals surface area (Å²) in [5.74, 6) is -2.79. The van der Waals surface area contributed by atoms with E-state index < -0.39 is 29.6 Å². The molecule has 0 unspecified atom stereocenters. The summed E-state index contributed by atoms with van der Waals surface area (Å²) in [6, 6.07) is 1.91. The van der Waals surface area contributed by atoms with Gasteiger partial charge in [0.15, 0.2) is 11.6 Å². The quantitative estimate of drug-likeness (QED) is 0.453. The van der Waals surface area contributed by atoms with Crippen LogP contribution in [0.5, 0.6) is 0 Å². The molecule has 1 aliphatic carbocycles. The average molecular weight is 406 g/mol. The Morgan fingerprint density at radius 2 is 2.17 bits per heavy atom. The Kier molecular flexibility index (Phi) is 6.46. The van der Waals surface area contributed by atoms with Gasteiger partial charge in [-0.25, -0.2) is 14.9 Å². The largest absolute Gasteiger partial charge is 0.330 e. The Hall–Kier alpha value is -2.55. The van der Waals surface area contributed by atoms with Crippen LogP contribution in [0, 0.1) is 17.2 Å². The average Bonchev–Trinajstić information content (AvgIpc) is 3.36. The number of hydrogen-bond acceptors (Lipinski definition) is 5. The van der Waals surface area contributed by atoms with Crippen LogP contribution in [0.4, 0.5) is 10.2 Å². The van der Waals surface area contributed by atoms with Crippen LogP contribution in [0.15, 0.2) is 18.3 Å². The van der Waals surface area contributed by atoms with Crippen LogP contribution in [0.3, 0.4) is 0 Å². The highest BCUT2D eigenvalue weighted by Crippen LogP contribution is 2.55. The number of nitrogens with one attached hydrogen (secondary N) is 2. The number of anilines is 1. The van der Waals surface area contributed by atoms with Crippen molar-refractivity contribution in [3.63, 3.8) is 0 Å². The minimum atomic E-state index is -0.729. The molecule has 0 bridgehead atoms. The van der Waals surface area contributed by atoms with Gasteiger partial charge in [-0.05, 0) is 43.2 Å². The lowest BCUT2D eigenvalue weighted by atomic mass is 9.96. The molecule has 3 amide bonds. The molecule has 1 aromatic rings. The van der Waals surface area contributed by atoms with Crippen molar-refractivity contribution in [2.24, 2.45) is 11.3 Å². The van der Waals surface area contributed by atoms with E-state index in [0.717, 1.165) is 25.7 Å². The van der Waals surface area contributed by atoms with Gasteiger partial charge in [0.2, 0.25) is 17.7 Å². The second-order valence-electron chi connectivity index (χ2n) is 8.09. The lowest BCUT2D eigenvalue weighted by Gasteiger charge is -2.28. The van der Waals surface area contributed by atoms with Gasteiger partial charge in [0, 0.05) is 25.1 Å². The smallest absolute Gasteiger partial charge is 0.248 e. The van der Waals surface area contributed by atoms with E-state index in [0.29, 0.717) is 19.4 Å². The van der Waals surface area contributed by atoms with E-state index in [9.17, 15) is 18.8 Å². The molecule has 0 radical (unpaired) electrons. The van der Waals surface area contributed by atoms with E-state index in [1.807, 2.05) is 6.92 Å². The van der Waals surface area contributed by atoms with E-state index in [4.69, 9.17) is 5.21 Å². The first-order valence-corrected chi connectivity index (χ1v) is 10.0. The topological polar surface area (TPSA) is 112 Å². The van der Waals surface area contributed by atoms with Crippen LogP contribution in [0.2, 0.25) is 0 Å². The maximum absolute atomic E-state index is 13.9. The predicted molar refractivity (Wildman–Crippen MR) is 102 cm³/mol. The van der Waals surface area contributed by atoms with E-state index >= 15 is 0 Å². The molecule has 2 atom stereocenters. The standard InChI is InChI=1S/C20H27FN4O4/c1-2-3-5-13(10-16(26)24-29)19(28)25-12-20(7-8-20)11-15(25)18(27)23-17-14(21)6-4-9-22-17/h4,6,9,13,15,29H,2-3,5,7-8,10-12H2,1H3,(H,24,26)(H,22,23,27)/t13-,15+/m1/s1. The normalized spacial score (nSPS) is 20.4. The lowest BCUT2D eigenvalue weighted by molar-refractivity contribution is -0.143. The molecule has 1 spiro atoms. The third kappa shape index (κ3) is 4.90. The highest BCUT2D eigenvalue weighted by Gasteiger charge is 2.55. The molecule has 1 saturated carbocycles. The summed E-state index contributed by atoms with van der Waals surface area (Å²) >= 11 is 0. The summed E-state index contributed by atoms with van der Waals surface area (Å²) in [5, 5.41) is 11.3. The van der Waals surface area contributed by atoms with Crippen molar-refractivity contribution >= 4 is 23.5 Å². The van der Waals surface area contributed by atoms with E-state index in [1.54, 1.807) is 5.48 Å². The van der Waals surface area contributed by atoms with Crippen LogP contribution in [-0.2, 0) is 14.4 Å². The Bertz CT molecular complexity index is 783. The zero-order valence-corrected chi connectivity index (χ0v) is 16.5. The number of unbranched alkanes of at least 4 members (excludes halogenated alkanes) is 1. The fourth-order valence-electron chi connectivity index (χ4n) is 4.01. The van der Waals surface area contributed by atoms with Crippen LogP contribution < -0.4 is 10.8 Å². The summed E-state index contributed by atoms with van der Waals surface area (Å²) in [7, 11) is 0. The molecule has 1 saturated heterocycles. The lowest BCUT2D eigenvalue weighted by Crippen LogP contribution is -2.46. The number of carbonyl (C=O) groups is 3. The Balaban J connectivity index is 1.77. The zero-order valence-electron chi connectivity index (χ0n) is 16.5. The van der Waals surface area contributed by atoms with Gasteiger partial charge in [-0.3, -0.25) is 19.6 Å². The number of halogens is 1. The van der Waals surface area contributed by atoms with Gasteiger partial charge in [0.1, 0.15) is 6.04 Å². The van der Waals surface area contributed by atoms with Gasteiger partial charge in [-0.1, -0.05) is 19.8 Å². The molecule has 29 heavy (non-hydrogen) atoms. The van der Waals surface area contributed by atoms with E-state index in [-0.39, 0.29) is 23.6 Å². The van der Waals surface area contributed by atoms with Gasteiger partial charge < -0.3 is 10.2 Å². The van der Waals surface area contributed by atoms with Gasteiger partial charge >= 0.3 is 0 Å². The summed E-state index contributed by atoms with van der Waals surface area (Å²) in [4.78, 5) is 43.2. The van der Waals surface area contributed by atoms with Crippen LogP contribution >= 0.6 is 0 Å². The Morgan fingerprint density at radius 1 is 1.41 bits per heavy atom. The minimum Gasteiger partial charge on any atom is -0.330 e. The number of nitrogens with zero attached hydrogens (tertiary/aromatic N) is 2. The molecule has 3 rings (SSSR count). The van der Waals surface area contributed by atoms with Gasteiger partial charge in [-0.15, -0.1) is 0 Å². The van der Waals surface area contributed by atoms with Crippen LogP contribution in [0.1, 0.15) is 51.9 Å². The van der Waals surface area contributed by atoms with Gasteiger partial charge in [-0.2, -0.15) is 0 Å². The molecule has 1 aliphatic heterocycles. The fourth-order valence-corrected chi connectivity index (χ4v) is 4.01. The molecule has 3 N–H and O–H groups in total. The molecule has 9 heteroatoms. The zero-order chi connectivity index (χ0) is 21.0. The highest BCUT2D eigenvalue weighted by atomic mass is 19.1. The number of amides is 3. The van der Waals surface area contributed by atoms with Crippen molar-refractivity contribution in [1.82, 2.24) is 15.4 Å². The third-order valence-corrected chi connectivity index (χ3v) is 5.86. The molecule has 2 fully saturated rings. The van der Waals surface area contributed by atoms with E-state index in [2.05, 4.69) is 10.3 Å². The summed E-state index contributed by atoms with van der Waals surface area (Å²) in [5.41, 5.74) is 1.52. The third-order valence-electron chi connectivity index (χ3n) is 5.86. The van der Waals surface area contributed by atoms with Gasteiger partial charge in [0.05, 0.1) is 0 Å². The summed E-state index contributed by atoms with van der Waals surface area (Å²) in [6.45, 7) is 2.44. The van der Waals surface area contributed by atoms with Crippen LogP contribution in [-0.4, -0.2) is 45.4 Å². The second-order valence-corrected chi connectivity index (χ2v) is 8.09. The van der Waals surface area contributed by atoms with Crippen molar-refractivity contribution in [2.75, 3.05) is 11.9 Å². The Labute approximate surface area is 168 Å². The first kappa shape index (κ1) is 21.2. The number of hydrogen-bond donors (Lipinski definition) is 3. The monoisotopic (exact) mass is 406 g/mol. The van der Waals surface area contributed by atoms with Crippen molar-refractivity contribution in [1.29, 1.82) is 0 Å². The number of rotatable bonds is 8. The van der Waals surface area contributed by atoms with E-state index in [1.165, 1.54) is 23.2 Å². The van der Waals surface area contributed by atoms with Crippen molar-refractivity contribution < 1.29 is 24.0 Å². The maximum Gasteiger partial charge on any atom is 0.248 e. The molecular formula is C20H27FN4O4. The van der Waals surface area contributed by atoms with Crippen molar-refractivity contribution in [3.05, 3.63) is 24.1 Å². The molecular weight excluding hydrogens is 379 g/mol. The number of pyridine rings is 1. The molecule has 0 aromatic carbocycles. The molecule has 2 aliphatic rings. The molecule has 8 nitrogen and oxygen atoms in total. The fraction of sp³-hybridized carbons (Fsp3) is 0.600. The molecule has 2 heterocycles. The number of aromatic nitrogens is 1. The number of hydroxylamine groups is 1. The minimum absolute atomic E-state index is 0.0606. The maximum atomic E-state index is 13.9. The van der Waals surface area contributed by atoms with Crippen molar-refractivity contribution in [3.8, 4) is 0 Å². The Morgan fingerprint density at radius 3 is 2.79 bits per heavy atom. The second kappa shape index (κ2) is 8.86. The number of carbonyl (C=O) groups excluding carboxylic acids is 3. The first-order chi connectivity index (χ1) is 13.9. The summed E-state index contributed by atoms with van der Waals surface area (Å²) < 4.78 is 13.9. The van der Waals surface area contributed by atoms with Gasteiger partial charge in [0.25, 0.3) is 0 Å². The van der Waals surface area contributed by atoms with Crippen LogP contribution in [0.25, 0.3) is 0 Å². The molecule has 158 valence electrons. The summed E-state index contributed by atoms with van der Waals surface area (Å²) in [6.07, 6.45) is 5.75. The first-order valence-electron chi connectivity index (χ1n) is 10.0. The highest BCUT2D eigenvalue weighted by molar-refractivity contribution is 5.98. The molecule has 1 aromatic heterocycles.